The van der Waals surface area contributed by atoms with E-state index in [0.29, 0.717) is 18.2 Å². The maximum absolute atomic E-state index is 11.4. The van der Waals surface area contributed by atoms with Gasteiger partial charge in [-0.25, -0.2) is 0 Å². The number of ether oxygens (including phenoxy) is 1. The van der Waals surface area contributed by atoms with Crippen LogP contribution in [-0.4, -0.2) is 19.1 Å². The smallest absolute Gasteiger partial charge is 0.310 e. The number of halogens is 1. The molecule has 0 aromatic heterocycles. The molecule has 1 unspecified atom stereocenters. The summed E-state index contributed by atoms with van der Waals surface area (Å²) in [6.45, 7) is 6.59. The molecule has 4 heteroatoms. The van der Waals surface area contributed by atoms with Crippen LogP contribution in [0.1, 0.15) is 19.4 Å². The summed E-state index contributed by atoms with van der Waals surface area (Å²) in [6, 6.07) is 5.64. The molecule has 1 N–H and O–H groups in total. The Kier molecular flexibility index (Phi) is 5.29. The first-order valence-corrected chi connectivity index (χ1v) is 6.09. The summed E-state index contributed by atoms with van der Waals surface area (Å²) in [5, 5.41) is 3.89. The number of aryl methyl sites for hydroxylation is 1. The lowest BCUT2D eigenvalue weighted by atomic mass is 10.1. The Hall–Kier alpha value is -1.22. The average molecular weight is 256 g/mol. The molecule has 94 valence electrons. The van der Waals surface area contributed by atoms with Gasteiger partial charge in [0.2, 0.25) is 0 Å². The van der Waals surface area contributed by atoms with Gasteiger partial charge in [-0.15, -0.1) is 0 Å². The molecule has 0 saturated heterocycles. The fourth-order valence-corrected chi connectivity index (χ4v) is 1.59. The van der Waals surface area contributed by atoms with Crippen molar-refractivity contribution in [3.05, 3.63) is 28.8 Å². The lowest BCUT2D eigenvalue weighted by molar-refractivity contribution is -0.146. The van der Waals surface area contributed by atoms with Gasteiger partial charge in [0.05, 0.1) is 12.5 Å². The standard InChI is InChI=1S/C13H18ClNO2/c1-4-17-13(16)10(3)8-15-12-7-11(14)6-5-9(12)2/h5-7,10,15H,4,8H2,1-3H3. The van der Waals surface area contributed by atoms with Crippen molar-refractivity contribution in [3.8, 4) is 0 Å². The molecule has 0 aliphatic heterocycles. The minimum Gasteiger partial charge on any atom is -0.466 e. The van der Waals surface area contributed by atoms with Crippen LogP contribution >= 0.6 is 11.6 Å². The highest BCUT2D eigenvalue weighted by molar-refractivity contribution is 6.30. The van der Waals surface area contributed by atoms with E-state index in [1.54, 1.807) is 6.92 Å². The van der Waals surface area contributed by atoms with Crippen LogP contribution in [0.3, 0.4) is 0 Å². The Morgan fingerprint density at radius 3 is 2.88 bits per heavy atom. The molecule has 0 spiro atoms. The Morgan fingerprint density at radius 1 is 1.53 bits per heavy atom. The zero-order valence-corrected chi connectivity index (χ0v) is 11.2. The number of benzene rings is 1. The van der Waals surface area contributed by atoms with Crippen molar-refractivity contribution in [1.29, 1.82) is 0 Å². The van der Waals surface area contributed by atoms with Crippen LogP contribution in [0, 0.1) is 12.8 Å². The maximum atomic E-state index is 11.4. The van der Waals surface area contributed by atoms with E-state index >= 15 is 0 Å². The summed E-state index contributed by atoms with van der Waals surface area (Å²) in [5.74, 6) is -0.354. The first-order chi connectivity index (χ1) is 8.04. The first-order valence-electron chi connectivity index (χ1n) is 5.71. The van der Waals surface area contributed by atoms with E-state index in [9.17, 15) is 4.79 Å². The topological polar surface area (TPSA) is 38.3 Å². The van der Waals surface area contributed by atoms with Gasteiger partial charge in [0.25, 0.3) is 0 Å². The number of hydrogen-bond donors (Lipinski definition) is 1. The van der Waals surface area contributed by atoms with Gasteiger partial charge in [-0.1, -0.05) is 24.6 Å². The summed E-state index contributed by atoms with van der Waals surface area (Å²) >= 11 is 5.91. The number of esters is 1. The van der Waals surface area contributed by atoms with Crippen molar-refractivity contribution in [2.75, 3.05) is 18.5 Å². The maximum Gasteiger partial charge on any atom is 0.310 e. The number of carbonyl (C=O) groups is 1. The monoisotopic (exact) mass is 255 g/mol. The molecule has 0 radical (unpaired) electrons. The zero-order valence-electron chi connectivity index (χ0n) is 10.4. The van der Waals surface area contributed by atoms with Gasteiger partial charge in [0, 0.05) is 17.3 Å². The van der Waals surface area contributed by atoms with Crippen LogP contribution in [0.5, 0.6) is 0 Å². The Labute approximate surface area is 107 Å². The van der Waals surface area contributed by atoms with Crippen molar-refractivity contribution in [3.63, 3.8) is 0 Å². The highest BCUT2D eigenvalue weighted by Gasteiger charge is 2.13. The normalized spacial score (nSPS) is 12.0. The third-order valence-corrected chi connectivity index (χ3v) is 2.72. The summed E-state index contributed by atoms with van der Waals surface area (Å²) in [4.78, 5) is 11.4. The largest absolute Gasteiger partial charge is 0.466 e. The molecule has 1 aromatic carbocycles. The molecule has 1 aromatic rings. The molecule has 0 saturated carbocycles. The molecule has 17 heavy (non-hydrogen) atoms. The highest BCUT2D eigenvalue weighted by Crippen LogP contribution is 2.20. The molecular formula is C13H18ClNO2. The predicted octanol–water partition coefficient (Wildman–Crippen LogP) is 3.26. The third kappa shape index (κ3) is 4.27. The molecule has 0 aliphatic carbocycles. The van der Waals surface area contributed by atoms with Crippen LogP contribution in [-0.2, 0) is 9.53 Å². The van der Waals surface area contributed by atoms with E-state index < -0.39 is 0 Å². The molecule has 0 heterocycles. The molecule has 3 nitrogen and oxygen atoms in total. The summed E-state index contributed by atoms with van der Waals surface area (Å²) in [6.07, 6.45) is 0. The molecule has 0 fully saturated rings. The average Bonchev–Trinajstić information content (AvgIpc) is 2.30. The van der Waals surface area contributed by atoms with Crippen molar-refractivity contribution in [2.24, 2.45) is 5.92 Å². The van der Waals surface area contributed by atoms with Gasteiger partial charge in [-0.2, -0.15) is 0 Å². The van der Waals surface area contributed by atoms with E-state index in [1.165, 1.54) is 0 Å². The van der Waals surface area contributed by atoms with Gasteiger partial charge < -0.3 is 10.1 Å². The third-order valence-electron chi connectivity index (χ3n) is 2.49. The molecular weight excluding hydrogens is 238 g/mol. The van der Waals surface area contributed by atoms with E-state index in [0.717, 1.165) is 11.3 Å². The predicted molar refractivity (Wildman–Crippen MR) is 70.5 cm³/mol. The van der Waals surface area contributed by atoms with Gasteiger partial charge in [0.1, 0.15) is 0 Å². The van der Waals surface area contributed by atoms with Gasteiger partial charge in [0.15, 0.2) is 0 Å². The molecule has 0 bridgehead atoms. The van der Waals surface area contributed by atoms with E-state index in [2.05, 4.69) is 5.32 Å². The minimum atomic E-state index is -0.181. The second-order valence-corrected chi connectivity index (χ2v) is 4.43. The summed E-state index contributed by atoms with van der Waals surface area (Å²) in [7, 11) is 0. The van der Waals surface area contributed by atoms with Crippen LogP contribution in [0.15, 0.2) is 18.2 Å². The van der Waals surface area contributed by atoms with Crippen LogP contribution in [0.2, 0.25) is 5.02 Å². The van der Waals surface area contributed by atoms with Crippen molar-refractivity contribution in [1.82, 2.24) is 0 Å². The number of hydrogen-bond acceptors (Lipinski definition) is 3. The van der Waals surface area contributed by atoms with E-state index in [-0.39, 0.29) is 11.9 Å². The number of rotatable bonds is 5. The second kappa shape index (κ2) is 6.50. The lowest BCUT2D eigenvalue weighted by Crippen LogP contribution is -2.22. The van der Waals surface area contributed by atoms with Crippen LogP contribution < -0.4 is 5.32 Å². The molecule has 1 rings (SSSR count). The fourth-order valence-electron chi connectivity index (χ4n) is 1.42. The number of nitrogens with one attached hydrogen (secondary N) is 1. The van der Waals surface area contributed by atoms with Crippen molar-refractivity contribution < 1.29 is 9.53 Å². The van der Waals surface area contributed by atoms with Crippen molar-refractivity contribution >= 4 is 23.3 Å². The van der Waals surface area contributed by atoms with E-state index in [1.807, 2.05) is 32.0 Å². The molecule has 0 aliphatic rings. The Morgan fingerprint density at radius 2 is 2.24 bits per heavy atom. The number of anilines is 1. The number of carbonyl (C=O) groups excluding carboxylic acids is 1. The van der Waals surface area contributed by atoms with Crippen LogP contribution in [0.25, 0.3) is 0 Å². The first kappa shape index (κ1) is 13.8. The summed E-state index contributed by atoms with van der Waals surface area (Å²) < 4.78 is 4.94. The lowest BCUT2D eigenvalue weighted by Gasteiger charge is -2.14. The van der Waals surface area contributed by atoms with Gasteiger partial charge in [-0.05, 0) is 31.5 Å². The molecule has 1 atom stereocenters. The Balaban J connectivity index is 2.55. The minimum absolute atomic E-state index is 0.173. The Bertz CT molecular complexity index is 393. The quantitative estimate of drug-likeness (QED) is 0.821. The van der Waals surface area contributed by atoms with Crippen molar-refractivity contribution in [2.45, 2.75) is 20.8 Å². The summed E-state index contributed by atoms with van der Waals surface area (Å²) in [5.41, 5.74) is 2.05. The van der Waals surface area contributed by atoms with E-state index in [4.69, 9.17) is 16.3 Å². The SMILES string of the molecule is CCOC(=O)C(C)CNc1cc(Cl)ccc1C. The fraction of sp³-hybridized carbons (Fsp3) is 0.462. The zero-order chi connectivity index (χ0) is 12.8. The highest BCUT2D eigenvalue weighted by atomic mass is 35.5. The van der Waals surface area contributed by atoms with Gasteiger partial charge >= 0.3 is 5.97 Å². The molecule has 0 amide bonds. The second-order valence-electron chi connectivity index (χ2n) is 3.99. The van der Waals surface area contributed by atoms with Gasteiger partial charge in [-0.3, -0.25) is 4.79 Å². The van der Waals surface area contributed by atoms with Crippen LogP contribution in [0.4, 0.5) is 5.69 Å².